The molecule has 51 heavy (non-hydrogen) atoms. The van der Waals surface area contributed by atoms with Crippen LogP contribution >= 0.6 is 0 Å². The highest BCUT2D eigenvalue weighted by atomic mass is 19.4. The summed E-state index contributed by atoms with van der Waals surface area (Å²) in [5, 5.41) is 12.3. The number of ether oxygens (including phenoxy) is 2. The predicted octanol–water partition coefficient (Wildman–Crippen LogP) is 6.99. The Balaban J connectivity index is 1.14. The third kappa shape index (κ3) is 9.07. The van der Waals surface area contributed by atoms with Crippen molar-refractivity contribution in [3.8, 4) is 11.1 Å². The van der Waals surface area contributed by atoms with Crippen LogP contribution in [0.2, 0.25) is 0 Å². The molecule has 2 aliphatic heterocycles. The molecule has 1 aliphatic carbocycles. The Labute approximate surface area is 297 Å². The molecule has 11 heteroatoms. The first-order valence-electron chi connectivity index (χ1n) is 17.8. The van der Waals surface area contributed by atoms with Crippen molar-refractivity contribution in [2.24, 2.45) is 0 Å². The van der Waals surface area contributed by atoms with Crippen molar-refractivity contribution in [2.75, 3.05) is 19.6 Å². The molecule has 2 heterocycles. The van der Waals surface area contributed by atoms with Gasteiger partial charge < -0.3 is 24.8 Å². The minimum Gasteiger partial charge on any atom is -0.392 e. The van der Waals surface area contributed by atoms with Crippen molar-refractivity contribution in [3.05, 3.63) is 108 Å². The van der Waals surface area contributed by atoms with E-state index in [9.17, 15) is 27.9 Å². The second-order valence-corrected chi connectivity index (χ2v) is 13.7. The van der Waals surface area contributed by atoms with E-state index in [1.54, 1.807) is 0 Å². The summed E-state index contributed by atoms with van der Waals surface area (Å²) in [6.45, 7) is 5.59. The van der Waals surface area contributed by atoms with E-state index in [1.807, 2.05) is 78.9 Å². The molecule has 4 atom stereocenters. The fourth-order valence-corrected chi connectivity index (χ4v) is 7.55. The van der Waals surface area contributed by atoms with Crippen LogP contribution in [0.25, 0.3) is 11.1 Å². The number of benzene rings is 3. The molecular formula is C40H46F3N3O5. The molecule has 1 saturated carbocycles. The number of carbonyl (C=O) groups excluding carboxylic acids is 2. The molecule has 272 valence electrons. The van der Waals surface area contributed by atoms with E-state index in [-0.39, 0.29) is 38.3 Å². The van der Waals surface area contributed by atoms with Crippen LogP contribution in [0.4, 0.5) is 13.2 Å². The molecule has 2 N–H and O–H groups in total. The van der Waals surface area contributed by atoms with Gasteiger partial charge in [-0.15, -0.1) is 6.58 Å². The summed E-state index contributed by atoms with van der Waals surface area (Å²) >= 11 is 0. The van der Waals surface area contributed by atoms with Crippen LogP contribution in [0.1, 0.15) is 79.6 Å². The average Bonchev–Trinajstić information content (AvgIpc) is 3.87. The highest BCUT2D eigenvalue weighted by Gasteiger charge is 2.47. The summed E-state index contributed by atoms with van der Waals surface area (Å²) in [7, 11) is 0. The number of hydrogen-bond acceptors (Lipinski definition) is 6. The summed E-state index contributed by atoms with van der Waals surface area (Å²) in [5.41, 5.74) is 5.39. The van der Waals surface area contributed by atoms with Gasteiger partial charge in [0, 0.05) is 44.2 Å². The van der Waals surface area contributed by atoms with Crippen molar-refractivity contribution in [1.29, 1.82) is 0 Å². The highest BCUT2D eigenvalue weighted by molar-refractivity contribution is 5.90. The Kier molecular flexibility index (Phi) is 11.9. The molecule has 3 fully saturated rings. The normalized spacial score (nSPS) is 22.7. The molecule has 2 amide bonds. The third-order valence-electron chi connectivity index (χ3n) is 10.2. The van der Waals surface area contributed by atoms with Crippen molar-refractivity contribution in [1.82, 2.24) is 15.1 Å². The van der Waals surface area contributed by atoms with Gasteiger partial charge in [0.05, 0.1) is 18.8 Å². The number of carbonyl (C=O) groups is 2. The molecule has 3 aromatic carbocycles. The number of amides is 2. The maximum Gasteiger partial charge on any atom is 0.471 e. The highest BCUT2D eigenvalue weighted by Crippen LogP contribution is 2.39. The Bertz CT molecular complexity index is 1640. The van der Waals surface area contributed by atoms with Crippen LogP contribution in [0, 0.1) is 0 Å². The van der Waals surface area contributed by atoms with Crippen LogP contribution in [-0.2, 0) is 32.2 Å². The maximum atomic E-state index is 13.0. The van der Waals surface area contributed by atoms with E-state index < -0.39 is 30.3 Å². The summed E-state index contributed by atoms with van der Waals surface area (Å²) in [5.74, 6) is -2.57. The maximum absolute atomic E-state index is 13.0. The average molecular weight is 706 g/mol. The van der Waals surface area contributed by atoms with E-state index in [2.05, 4.69) is 16.8 Å². The van der Waals surface area contributed by atoms with Crippen LogP contribution in [0.3, 0.4) is 0 Å². The molecule has 0 unspecified atom stereocenters. The number of nitrogens with zero attached hydrogens (tertiary/aromatic N) is 2. The zero-order valence-corrected chi connectivity index (χ0v) is 28.7. The third-order valence-corrected chi connectivity index (χ3v) is 10.2. The summed E-state index contributed by atoms with van der Waals surface area (Å²) in [6, 6.07) is 22.8. The van der Waals surface area contributed by atoms with Crippen LogP contribution in [-0.4, -0.2) is 70.7 Å². The Hall–Kier alpha value is -4.03. The van der Waals surface area contributed by atoms with Gasteiger partial charge in [0.1, 0.15) is 6.04 Å². The van der Waals surface area contributed by atoms with Crippen LogP contribution in [0.15, 0.2) is 85.5 Å². The van der Waals surface area contributed by atoms with Crippen LogP contribution in [0.5, 0.6) is 0 Å². The second-order valence-electron chi connectivity index (χ2n) is 13.7. The SMILES string of the molecule is C=CCN(C[C@@H]1C[C@H](c2ccc(CO)cc2)O[C@H](c2ccc(-c3cccc(CNC(=O)[C@@H]4CCCN4C(=O)C(F)(F)F)c3)cc2)O1)C1CCCC1. The predicted molar refractivity (Wildman–Crippen MR) is 187 cm³/mol. The van der Waals surface area contributed by atoms with Gasteiger partial charge in [0.2, 0.25) is 5.91 Å². The van der Waals surface area contributed by atoms with Gasteiger partial charge in [0.15, 0.2) is 6.29 Å². The van der Waals surface area contributed by atoms with Crippen molar-refractivity contribution in [3.63, 3.8) is 0 Å². The quantitative estimate of drug-likeness (QED) is 0.198. The zero-order valence-electron chi connectivity index (χ0n) is 28.7. The topological polar surface area (TPSA) is 91.3 Å². The standard InChI is InChI=1S/C40H46F3N3O5/c1-2-20-45(33-9-3-4-10-33)25-34-23-36(30-14-12-27(26-47)13-15-30)51-38(50-34)31-18-16-29(17-19-31)32-8-5-7-28(22-32)24-44-37(48)35-11-6-21-46(35)39(49)40(41,42)43/h2,5,7-8,12-19,22,33-36,38,47H,1,3-4,6,9-11,20-21,23-26H2,(H,44,48)/t34-,35-,36+,38+/m0/s1. The van der Waals surface area contributed by atoms with Crippen LogP contribution < -0.4 is 5.32 Å². The van der Waals surface area contributed by atoms with Crippen molar-refractivity contribution < 1.29 is 37.3 Å². The number of halogens is 3. The Morgan fingerprint density at radius 2 is 1.65 bits per heavy atom. The number of alkyl halides is 3. The number of nitrogens with one attached hydrogen (secondary N) is 1. The minimum absolute atomic E-state index is 0.0192. The molecule has 8 nitrogen and oxygen atoms in total. The minimum atomic E-state index is -5.01. The largest absolute Gasteiger partial charge is 0.471 e. The van der Waals surface area contributed by atoms with Gasteiger partial charge >= 0.3 is 12.1 Å². The second kappa shape index (κ2) is 16.5. The molecule has 2 saturated heterocycles. The summed E-state index contributed by atoms with van der Waals surface area (Å²) < 4.78 is 52.3. The summed E-state index contributed by atoms with van der Waals surface area (Å²) in [6.07, 6.45) is 2.20. The van der Waals surface area contributed by atoms with Gasteiger partial charge in [-0.1, -0.05) is 85.6 Å². The molecule has 0 radical (unpaired) electrons. The van der Waals surface area contributed by atoms with E-state index >= 15 is 0 Å². The fraction of sp³-hybridized carbons (Fsp3) is 0.450. The number of hydrogen-bond donors (Lipinski definition) is 2. The molecule has 3 aliphatic rings. The fourth-order valence-electron chi connectivity index (χ4n) is 7.55. The van der Waals surface area contributed by atoms with Gasteiger partial charge in [0.25, 0.3) is 0 Å². The first-order chi connectivity index (χ1) is 24.6. The number of aliphatic hydroxyl groups excluding tert-OH is 1. The Morgan fingerprint density at radius 1 is 0.922 bits per heavy atom. The van der Waals surface area contributed by atoms with E-state index in [1.165, 1.54) is 25.7 Å². The van der Waals surface area contributed by atoms with Crippen molar-refractivity contribution >= 4 is 11.8 Å². The van der Waals surface area contributed by atoms with Gasteiger partial charge in [-0.2, -0.15) is 13.2 Å². The van der Waals surface area contributed by atoms with E-state index in [4.69, 9.17) is 9.47 Å². The lowest BCUT2D eigenvalue weighted by Gasteiger charge is -2.39. The molecule has 0 bridgehead atoms. The van der Waals surface area contributed by atoms with Crippen molar-refractivity contribution in [2.45, 2.75) is 94.9 Å². The number of likely N-dealkylation sites (tertiary alicyclic amines) is 1. The number of aliphatic hydroxyl groups is 1. The smallest absolute Gasteiger partial charge is 0.392 e. The summed E-state index contributed by atoms with van der Waals surface area (Å²) in [4.78, 5) is 27.7. The Morgan fingerprint density at radius 3 is 2.33 bits per heavy atom. The first kappa shape index (κ1) is 36.8. The molecular weight excluding hydrogens is 659 g/mol. The lowest BCUT2D eigenvalue weighted by molar-refractivity contribution is -0.253. The lowest BCUT2D eigenvalue weighted by atomic mass is 9.98. The van der Waals surface area contributed by atoms with E-state index in [0.717, 1.165) is 46.5 Å². The molecule has 0 spiro atoms. The van der Waals surface area contributed by atoms with Gasteiger partial charge in [-0.3, -0.25) is 14.5 Å². The monoisotopic (exact) mass is 705 g/mol. The van der Waals surface area contributed by atoms with Gasteiger partial charge in [-0.05, 0) is 59.6 Å². The molecule has 6 rings (SSSR count). The molecule has 0 aromatic heterocycles. The number of rotatable bonds is 12. The zero-order chi connectivity index (χ0) is 36.0. The van der Waals surface area contributed by atoms with E-state index in [0.29, 0.717) is 23.8 Å². The molecule has 3 aromatic rings. The van der Waals surface area contributed by atoms with Gasteiger partial charge in [-0.25, -0.2) is 0 Å². The first-order valence-corrected chi connectivity index (χ1v) is 17.8. The lowest BCUT2D eigenvalue weighted by Crippen LogP contribution is -2.50.